The monoisotopic (exact) mass is 199 g/mol. The van der Waals surface area contributed by atoms with E-state index in [4.69, 9.17) is 0 Å². The molecule has 0 bridgehead atoms. The summed E-state index contributed by atoms with van der Waals surface area (Å²) in [4.78, 5) is 10.5. The van der Waals surface area contributed by atoms with Gasteiger partial charge in [-0.1, -0.05) is 12.8 Å². The molecular formula is C11H19OS+. The van der Waals surface area contributed by atoms with E-state index in [1.54, 1.807) is 0 Å². The van der Waals surface area contributed by atoms with E-state index in [0.717, 1.165) is 23.2 Å². The first-order valence-electron chi connectivity index (χ1n) is 5.52. The fourth-order valence-electron chi connectivity index (χ4n) is 2.92. The minimum absolute atomic E-state index is 0.477. The molecule has 0 aromatic carbocycles. The molecule has 0 aromatic rings. The molecule has 13 heavy (non-hydrogen) atoms. The van der Waals surface area contributed by atoms with Crippen LogP contribution in [0.3, 0.4) is 0 Å². The van der Waals surface area contributed by atoms with Gasteiger partial charge in [0, 0.05) is 5.92 Å². The van der Waals surface area contributed by atoms with Gasteiger partial charge in [-0.05, 0) is 36.6 Å². The van der Waals surface area contributed by atoms with Gasteiger partial charge in [0.2, 0.25) is 0 Å². The SMILES string of the molecule is O=CC[S+]1CCCC1C1CCCC1. The predicted molar refractivity (Wildman–Crippen MR) is 58.1 cm³/mol. The second-order valence-electron chi connectivity index (χ2n) is 4.30. The number of carbonyl (C=O) groups is 1. The van der Waals surface area contributed by atoms with Gasteiger partial charge in [-0.25, -0.2) is 0 Å². The first-order valence-corrected chi connectivity index (χ1v) is 7.14. The van der Waals surface area contributed by atoms with Crippen LogP contribution < -0.4 is 0 Å². The zero-order valence-electron chi connectivity index (χ0n) is 8.21. The molecular weight excluding hydrogens is 180 g/mol. The summed E-state index contributed by atoms with van der Waals surface area (Å²) in [6.45, 7) is 0. The molecule has 1 heterocycles. The lowest BCUT2D eigenvalue weighted by molar-refractivity contribution is -0.105. The summed E-state index contributed by atoms with van der Waals surface area (Å²) in [6.07, 6.45) is 9.75. The minimum atomic E-state index is 0.477. The normalized spacial score (nSPS) is 35.4. The van der Waals surface area contributed by atoms with Crippen molar-refractivity contribution in [3.05, 3.63) is 0 Å². The number of rotatable bonds is 3. The van der Waals surface area contributed by atoms with Gasteiger partial charge < -0.3 is 0 Å². The molecule has 0 amide bonds. The minimum Gasteiger partial charge on any atom is -0.298 e. The molecule has 2 aliphatic rings. The zero-order valence-corrected chi connectivity index (χ0v) is 9.02. The van der Waals surface area contributed by atoms with Crippen molar-refractivity contribution < 1.29 is 4.79 Å². The van der Waals surface area contributed by atoms with Crippen molar-refractivity contribution in [3.8, 4) is 0 Å². The van der Waals surface area contributed by atoms with Crippen LogP contribution in [0.4, 0.5) is 0 Å². The van der Waals surface area contributed by atoms with E-state index in [-0.39, 0.29) is 0 Å². The van der Waals surface area contributed by atoms with Crippen molar-refractivity contribution in [2.24, 2.45) is 5.92 Å². The van der Waals surface area contributed by atoms with Crippen LogP contribution in [-0.4, -0.2) is 23.0 Å². The van der Waals surface area contributed by atoms with Crippen LogP contribution in [0.1, 0.15) is 38.5 Å². The Morgan fingerprint density at radius 1 is 1.15 bits per heavy atom. The fourth-order valence-corrected chi connectivity index (χ4v) is 5.66. The molecule has 2 atom stereocenters. The maximum atomic E-state index is 10.5. The summed E-state index contributed by atoms with van der Waals surface area (Å²) in [5, 5.41) is 0.938. The van der Waals surface area contributed by atoms with E-state index >= 15 is 0 Å². The zero-order chi connectivity index (χ0) is 9.10. The molecule has 2 fully saturated rings. The summed E-state index contributed by atoms with van der Waals surface area (Å²) in [7, 11) is 0.477. The molecule has 0 aromatic heterocycles. The van der Waals surface area contributed by atoms with Gasteiger partial charge >= 0.3 is 0 Å². The van der Waals surface area contributed by atoms with Crippen LogP contribution >= 0.6 is 0 Å². The molecule has 2 rings (SSSR count). The standard InChI is InChI=1S/C11H19OS/c12-7-9-13-8-3-6-11(13)10-4-1-2-5-10/h7,10-11H,1-6,8-9H2/q+1. The fraction of sp³-hybridized carbons (Fsp3) is 0.909. The van der Waals surface area contributed by atoms with Gasteiger partial charge in [-0.15, -0.1) is 0 Å². The van der Waals surface area contributed by atoms with Crippen molar-refractivity contribution >= 4 is 17.2 Å². The van der Waals surface area contributed by atoms with Crippen LogP contribution in [0, 0.1) is 5.92 Å². The van der Waals surface area contributed by atoms with Crippen LogP contribution in [0.25, 0.3) is 0 Å². The second kappa shape index (κ2) is 4.50. The maximum absolute atomic E-state index is 10.5. The molecule has 0 spiro atoms. The number of aldehydes is 1. The van der Waals surface area contributed by atoms with Crippen LogP contribution in [-0.2, 0) is 15.7 Å². The predicted octanol–water partition coefficient (Wildman–Crippen LogP) is 2.16. The summed E-state index contributed by atoms with van der Waals surface area (Å²) in [5.41, 5.74) is 0. The average Bonchev–Trinajstić information content (AvgIpc) is 2.71. The highest BCUT2D eigenvalue weighted by molar-refractivity contribution is 7.98. The Balaban J connectivity index is 1.91. The molecule has 74 valence electrons. The first-order chi connectivity index (χ1) is 6.42. The van der Waals surface area contributed by atoms with E-state index in [2.05, 4.69) is 0 Å². The summed E-state index contributed by atoms with van der Waals surface area (Å²) in [6, 6.07) is 0. The lowest BCUT2D eigenvalue weighted by Gasteiger charge is -2.16. The summed E-state index contributed by atoms with van der Waals surface area (Å²) in [5.74, 6) is 3.20. The Hall–Kier alpha value is 0.0200. The van der Waals surface area contributed by atoms with E-state index in [1.807, 2.05) is 0 Å². The highest BCUT2D eigenvalue weighted by Gasteiger charge is 2.41. The smallest absolute Gasteiger partial charge is 0.169 e. The van der Waals surface area contributed by atoms with E-state index < -0.39 is 0 Å². The second-order valence-corrected chi connectivity index (χ2v) is 6.72. The molecule has 0 N–H and O–H groups in total. The molecule has 1 nitrogen and oxygen atoms in total. The largest absolute Gasteiger partial charge is 0.298 e. The van der Waals surface area contributed by atoms with E-state index in [1.165, 1.54) is 44.3 Å². The molecule has 1 saturated carbocycles. The highest BCUT2D eigenvalue weighted by Crippen LogP contribution is 2.37. The lowest BCUT2D eigenvalue weighted by Crippen LogP contribution is -2.27. The Morgan fingerprint density at radius 3 is 2.62 bits per heavy atom. The van der Waals surface area contributed by atoms with Gasteiger partial charge in [0.05, 0.1) is 0 Å². The van der Waals surface area contributed by atoms with Crippen molar-refractivity contribution in [2.75, 3.05) is 11.5 Å². The third-order valence-electron chi connectivity index (χ3n) is 3.53. The topological polar surface area (TPSA) is 17.1 Å². The molecule has 1 aliphatic heterocycles. The van der Waals surface area contributed by atoms with Gasteiger partial charge in [-0.3, -0.25) is 4.79 Å². The third-order valence-corrected chi connectivity index (χ3v) is 6.39. The molecule has 2 heteroatoms. The van der Waals surface area contributed by atoms with Crippen molar-refractivity contribution in [2.45, 2.75) is 43.8 Å². The Morgan fingerprint density at radius 2 is 1.92 bits per heavy atom. The Labute approximate surface area is 83.6 Å². The van der Waals surface area contributed by atoms with Crippen LogP contribution in [0.15, 0.2) is 0 Å². The van der Waals surface area contributed by atoms with Gasteiger partial charge in [-0.2, -0.15) is 0 Å². The van der Waals surface area contributed by atoms with Crippen molar-refractivity contribution in [1.29, 1.82) is 0 Å². The number of hydrogen-bond acceptors (Lipinski definition) is 1. The van der Waals surface area contributed by atoms with Crippen LogP contribution in [0.5, 0.6) is 0 Å². The average molecular weight is 199 g/mol. The van der Waals surface area contributed by atoms with Gasteiger partial charge in [0.15, 0.2) is 12.0 Å². The highest BCUT2D eigenvalue weighted by atomic mass is 32.2. The van der Waals surface area contributed by atoms with E-state index in [9.17, 15) is 4.79 Å². The Kier molecular flexibility index (Phi) is 3.31. The van der Waals surface area contributed by atoms with Gasteiger partial charge in [0.1, 0.15) is 11.0 Å². The van der Waals surface area contributed by atoms with E-state index in [0.29, 0.717) is 10.9 Å². The molecule has 1 saturated heterocycles. The lowest BCUT2D eigenvalue weighted by atomic mass is 10.0. The molecule has 0 radical (unpaired) electrons. The quantitative estimate of drug-likeness (QED) is 0.503. The van der Waals surface area contributed by atoms with Gasteiger partial charge in [0.25, 0.3) is 0 Å². The molecule has 1 aliphatic carbocycles. The van der Waals surface area contributed by atoms with Crippen LogP contribution in [0.2, 0.25) is 0 Å². The van der Waals surface area contributed by atoms with Crippen molar-refractivity contribution in [1.82, 2.24) is 0 Å². The summed E-state index contributed by atoms with van der Waals surface area (Å²) >= 11 is 0. The number of carbonyl (C=O) groups excluding carboxylic acids is 1. The maximum Gasteiger partial charge on any atom is 0.169 e. The Bertz CT molecular complexity index is 175. The summed E-state index contributed by atoms with van der Waals surface area (Å²) < 4.78 is 0. The van der Waals surface area contributed by atoms with Crippen molar-refractivity contribution in [3.63, 3.8) is 0 Å². The molecule has 2 unspecified atom stereocenters. The third kappa shape index (κ3) is 2.09. The number of hydrogen-bond donors (Lipinski definition) is 0. The first kappa shape index (κ1) is 9.57.